The number of anilines is 1. The van der Waals surface area contributed by atoms with Crippen LogP contribution in [-0.2, 0) is 0 Å². The molecule has 0 saturated heterocycles. The number of nitrogen functional groups attached to an aromatic ring is 1. The van der Waals surface area contributed by atoms with Crippen molar-refractivity contribution in [1.29, 1.82) is 0 Å². The first-order valence-corrected chi connectivity index (χ1v) is 6.28. The van der Waals surface area contributed by atoms with Gasteiger partial charge in [-0.3, -0.25) is 4.98 Å². The van der Waals surface area contributed by atoms with Crippen molar-refractivity contribution in [2.24, 2.45) is 0 Å². The number of benzene rings is 1. The van der Waals surface area contributed by atoms with Gasteiger partial charge in [-0.05, 0) is 40.8 Å². The molecule has 1 aromatic carbocycles. The van der Waals surface area contributed by atoms with Gasteiger partial charge in [0.1, 0.15) is 11.2 Å². The molecular weight excluding hydrogens is 346 g/mol. The van der Waals surface area contributed by atoms with E-state index in [1.807, 2.05) is 6.07 Å². The number of aromatic nitrogens is 3. The number of hydrogen-bond donors (Lipinski definition) is 1. The molecule has 0 atom stereocenters. The number of fused-ring (bicyclic) bond motifs is 1. The van der Waals surface area contributed by atoms with Gasteiger partial charge in [0.25, 0.3) is 0 Å². The van der Waals surface area contributed by atoms with Crippen LogP contribution in [-0.4, -0.2) is 14.8 Å². The monoisotopic (exact) mass is 354 g/mol. The van der Waals surface area contributed by atoms with E-state index in [1.165, 1.54) is 10.7 Å². The van der Waals surface area contributed by atoms with Crippen LogP contribution in [0.15, 0.2) is 36.8 Å². The van der Waals surface area contributed by atoms with Gasteiger partial charge in [0.2, 0.25) is 0 Å². The molecule has 18 heavy (non-hydrogen) atoms. The van der Waals surface area contributed by atoms with Crippen LogP contribution in [0.4, 0.5) is 10.1 Å². The first-order chi connectivity index (χ1) is 8.66. The molecule has 3 rings (SSSR count). The minimum absolute atomic E-state index is 0.322. The van der Waals surface area contributed by atoms with Crippen molar-refractivity contribution in [3.05, 3.63) is 46.2 Å². The smallest absolute Gasteiger partial charge is 0.153 e. The number of halogens is 2. The van der Waals surface area contributed by atoms with Gasteiger partial charge in [0.15, 0.2) is 5.82 Å². The largest absolute Gasteiger partial charge is 0.398 e. The normalized spacial score (nSPS) is 11.0. The third-order valence-electron chi connectivity index (χ3n) is 2.63. The van der Waals surface area contributed by atoms with E-state index in [2.05, 4.69) is 32.7 Å². The van der Waals surface area contributed by atoms with Crippen LogP contribution in [0.1, 0.15) is 0 Å². The SMILES string of the molecule is Nc1cc(F)c(-n2cc(I)cn2)c2ncccc12. The molecule has 0 spiro atoms. The van der Waals surface area contributed by atoms with Gasteiger partial charge in [-0.2, -0.15) is 5.10 Å². The number of nitrogens with two attached hydrogens (primary N) is 1. The fourth-order valence-electron chi connectivity index (χ4n) is 1.86. The van der Waals surface area contributed by atoms with Crippen molar-refractivity contribution in [2.45, 2.75) is 0 Å². The number of hydrogen-bond acceptors (Lipinski definition) is 3. The van der Waals surface area contributed by atoms with Crippen molar-refractivity contribution in [1.82, 2.24) is 14.8 Å². The highest BCUT2D eigenvalue weighted by molar-refractivity contribution is 14.1. The van der Waals surface area contributed by atoms with Crippen molar-refractivity contribution in [2.75, 3.05) is 5.73 Å². The topological polar surface area (TPSA) is 56.7 Å². The maximum Gasteiger partial charge on any atom is 0.153 e. The standard InChI is InChI=1S/C12H8FIN4/c13-9-4-10(15)8-2-1-3-16-11(8)12(9)18-6-7(14)5-17-18/h1-6H,15H2. The van der Waals surface area contributed by atoms with Gasteiger partial charge in [0, 0.05) is 23.5 Å². The Balaban J connectivity index is 2.41. The lowest BCUT2D eigenvalue weighted by Gasteiger charge is -2.09. The summed E-state index contributed by atoms with van der Waals surface area (Å²) in [5.74, 6) is -0.432. The van der Waals surface area contributed by atoms with E-state index in [1.54, 1.807) is 24.7 Å². The Morgan fingerprint density at radius 3 is 2.94 bits per heavy atom. The molecule has 0 saturated carbocycles. The number of nitrogens with zero attached hydrogens (tertiary/aromatic N) is 3. The average molecular weight is 354 g/mol. The summed E-state index contributed by atoms with van der Waals surface area (Å²) in [5, 5.41) is 4.84. The van der Waals surface area contributed by atoms with E-state index in [9.17, 15) is 4.39 Å². The highest BCUT2D eigenvalue weighted by atomic mass is 127. The fraction of sp³-hybridized carbons (Fsp3) is 0. The van der Waals surface area contributed by atoms with Crippen LogP contribution in [0.25, 0.3) is 16.6 Å². The van der Waals surface area contributed by atoms with Crippen LogP contribution < -0.4 is 5.73 Å². The summed E-state index contributed by atoms with van der Waals surface area (Å²) in [5.41, 5.74) is 7.00. The van der Waals surface area contributed by atoms with Crippen molar-refractivity contribution in [3.63, 3.8) is 0 Å². The first-order valence-electron chi connectivity index (χ1n) is 5.20. The summed E-state index contributed by atoms with van der Waals surface area (Å²) >= 11 is 2.12. The minimum atomic E-state index is -0.432. The molecule has 6 heteroatoms. The summed E-state index contributed by atoms with van der Waals surface area (Å²) in [7, 11) is 0. The molecule has 0 aliphatic heterocycles. The molecule has 0 bridgehead atoms. The number of pyridine rings is 1. The lowest BCUT2D eigenvalue weighted by Crippen LogP contribution is -2.02. The molecule has 0 amide bonds. The Morgan fingerprint density at radius 1 is 1.39 bits per heavy atom. The maximum atomic E-state index is 14.1. The summed E-state index contributed by atoms with van der Waals surface area (Å²) in [4.78, 5) is 4.21. The fourth-order valence-corrected chi connectivity index (χ4v) is 2.25. The van der Waals surface area contributed by atoms with Gasteiger partial charge in [-0.25, -0.2) is 9.07 Å². The maximum absolute atomic E-state index is 14.1. The zero-order valence-corrected chi connectivity index (χ0v) is 11.3. The average Bonchev–Trinajstić information content (AvgIpc) is 2.76. The second-order valence-corrected chi connectivity index (χ2v) is 5.04. The van der Waals surface area contributed by atoms with Gasteiger partial charge in [0.05, 0.1) is 9.77 Å². The highest BCUT2D eigenvalue weighted by Gasteiger charge is 2.14. The van der Waals surface area contributed by atoms with E-state index < -0.39 is 5.82 Å². The van der Waals surface area contributed by atoms with Gasteiger partial charge < -0.3 is 5.73 Å². The van der Waals surface area contributed by atoms with Crippen LogP contribution in [0.3, 0.4) is 0 Å². The van der Waals surface area contributed by atoms with Crippen LogP contribution >= 0.6 is 22.6 Å². The Hall–Kier alpha value is -1.70. The van der Waals surface area contributed by atoms with E-state index in [0.717, 1.165) is 8.96 Å². The Bertz CT molecular complexity index is 738. The molecule has 0 aliphatic rings. The van der Waals surface area contributed by atoms with Crippen LogP contribution in [0, 0.1) is 9.39 Å². The summed E-state index contributed by atoms with van der Waals surface area (Å²) in [6.45, 7) is 0. The molecule has 0 unspecified atom stereocenters. The predicted molar refractivity (Wildman–Crippen MR) is 76.0 cm³/mol. The lowest BCUT2D eigenvalue weighted by atomic mass is 10.1. The van der Waals surface area contributed by atoms with E-state index in [4.69, 9.17) is 5.73 Å². The molecule has 2 heterocycles. The van der Waals surface area contributed by atoms with Gasteiger partial charge >= 0.3 is 0 Å². The molecule has 3 aromatic rings. The summed E-state index contributed by atoms with van der Waals surface area (Å²) < 4.78 is 16.5. The molecule has 90 valence electrons. The zero-order chi connectivity index (χ0) is 12.7. The summed E-state index contributed by atoms with van der Waals surface area (Å²) in [6.07, 6.45) is 5.01. The van der Waals surface area contributed by atoms with Crippen molar-refractivity contribution >= 4 is 39.2 Å². The van der Waals surface area contributed by atoms with Crippen molar-refractivity contribution < 1.29 is 4.39 Å². The quantitative estimate of drug-likeness (QED) is 0.540. The second-order valence-electron chi connectivity index (χ2n) is 3.80. The highest BCUT2D eigenvalue weighted by Crippen LogP contribution is 2.28. The molecule has 0 aliphatic carbocycles. The van der Waals surface area contributed by atoms with Gasteiger partial charge in [-0.1, -0.05) is 0 Å². The van der Waals surface area contributed by atoms with E-state index in [-0.39, 0.29) is 0 Å². The molecule has 0 fully saturated rings. The van der Waals surface area contributed by atoms with Crippen LogP contribution in [0.2, 0.25) is 0 Å². The van der Waals surface area contributed by atoms with Gasteiger partial charge in [-0.15, -0.1) is 0 Å². The Kier molecular flexibility index (Phi) is 2.66. The number of rotatable bonds is 1. The Morgan fingerprint density at radius 2 is 2.22 bits per heavy atom. The molecule has 0 radical (unpaired) electrons. The third kappa shape index (κ3) is 1.72. The first kappa shape index (κ1) is 11.4. The van der Waals surface area contributed by atoms with E-state index >= 15 is 0 Å². The molecular formula is C12H8FIN4. The third-order valence-corrected chi connectivity index (χ3v) is 3.19. The predicted octanol–water partition coefficient (Wildman–Crippen LogP) is 2.75. The zero-order valence-electron chi connectivity index (χ0n) is 9.14. The second kappa shape index (κ2) is 4.20. The molecule has 2 N–H and O–H groups in total. The van der Waals surface area contributed by atoms with Crippen LogP contribution in [0.5, 0.6) is 0 Å². The Labute approximate surface area is 116 Å². The minimum Gasteiger partial charge on any atom is -0.398 e. The molecule has 4 nitrogen and oxygen atoms in total. The lowest BCUT2D eigenvalue weighted by molar-refractivity contribution is 0.613. The van der Waals surface area contributed by atoms with Crippen molar-refractivity contribution in [3.8, 4) is 5.69 Å². The van der Waals surface area contributed by atoms with E-state index in [0.29, 0.717) is 16.9 Å². The molecule has 2 aromatic heterocycles. The summed E-state index contributed by atoms with van der Waals surface area (Å²) in [6, 6.07) is 4.89.